The number of halogens is 1. The standard InChI is InChI=1S/C29H35ClN6O2S2/c1-16(2)24(33-26(38)17-7-10-19(30)11-8-17)25-34-35-28(36(25)6)39-15-23(37)32-27-21(14-31)20-12-9-18(29(3,4)5)13-22(20)40-27/h7-8,10-11,16,18,24H,9,12-13,15H2,1-6H3,(H,32,37)(H,33,38)/t18-,24-/m1/s1. The van der Waals surface area contributed by atoms with Crippen LogP contribution < -0.4 is 10.6 Å². The number of anilines is 1. The lowest BCUT2D eigenvalue weighted by Crippen LogP contribution is -2.33. The Morgan fingerprint density at radius 1 is 1.25 bits per heavy atom. The Kier molecular flexibility index (Phi) is 9.28. The Hall–Kier alpha value is -2.87. The van der Waals surface area contributed by atoms with Crippen LogP contribution in [-0.4, -0.2) is 32.3 Å². The van der Waals surface area contributed by atoms with Gasteiger partial charge in [-0.2, -0.15) is 5.26 Å². The number of fused-ring (bicyclic) bond motifs is 1. The highest BCUT2D eigenvalue weighted by atomic mass is 35.5. The minimum absolute atomic E-state index is 0.0486. The highest BCUT2D eigenvalue weighted by Crippen LogP contribution is 2.44. The summed E-state index contributed by atoms with van der Waals surface area (Å²) in [6, 6.07) is 8.65. The molecule has 0 saturated carbocycles. The first kappa shape index (κ1) is 30.1. The van der Waals surface area contributed by atoms with Gasteiger partial charge in [0.2, 0.25) is 5.91 Å². The van der Waals surface area contributed by atoms with Gasteiger partial charge < -0.3 is 15.2 Å². The molecular formula is C29H35ClN6O2S2. The first-order chi connectivity index (χ1) is 18.9. The van der Waals surface area contributed by atoms with E-state index < -0.39 is 0 Å². The summed E-state index contributed by atoms with van der Waals surface area (Å²) in [5, 5.41) is 26.2. The van der Waals surface area contributed by atoms with E-state index in [-0.39, 0.29) is 34.9 Å². The van der Waals surface area contributed by atoms with Crippen molar-refractivity contribution in [2.45, 2.75) is 65.1 Å². The van der Waals surface area contributed by atoms with Crippen molar-refractivity contribution in [2.24, 2.45) is 24.3 Å². The predicted molar refractivity (Wildman–Crippen MR) is 161 cm³/mol. The van der Waals surface area contributed by atoms with Gasteiger partial charge in [-0.25, -0.2) is 0 Å². The number of amides is 2. The van der Waals surface area contributed by atoms with E-state index in [0.29, 0.717) is 38.0 Å². The quantitative estimate of drug-likeness (QED) is 0.290. The molecule has 212 valence electrons. The minimum atomic E-state index is -0.378. The zero-order valence-electron chi connectivity index (χ0n) is 23.7. The molecule has 0 saturated heterocycles. The number of benzene rings is 1. The van der Waals surface area contributed by atoms with Gasteiger partial charge in [-0.05, 0) is 66.3 Å². The van der Waals surface area contributed by atoms with E-state index in [1.165, 1.54) is 28.0 Å². The first-order valence-corrected chi connectivity index (χ1v) is 15.5. The maximum absolute atomic E-state index is 12.9. The summed E-state index contributed by atoms with van der Waals surface area (Å²) in [6.07, 6.45) is 2.86. The van der Waals surface area contributed by atoms with Crippen LogP contribution in [0.1, 0.15) is 79.3 Å². The van der Waals surface area contributed by atoms with Crippen LogP contribution in [0, 0.1) is 28.6 Å². The number of hydrogen-bond donors (Lipinski definition) is 2. The van der Waals surface area contributed by atoms with E-state index in [9.17, 15) is 14.9 Å². The van der Waals surface area contributed by atoms with Gasteiger partial charge in [-0.1, -0.05) is 58.0 Å². The maximum Gasteiger partial charge on any atom is 0.251 e. The molecular weight excluding hydrogens is 564 g/mol. The molecule has 2 aromatic heterocycles. The molecule has 1 aliphatic carbocycles. The van der Waals surface area contributed by atoms with Crippen molar-refractivity contribution in [3.63, 3.8) is 0 Å². The van der Waals surface area contributed by atoms with Gasteiger partial charge in [0, 0.05) is 22.5 Å². The van der Waals surface area contributed by atoms with Crippen molar-refractivity contribution >= 4 is 51.5 Å². The summed E-state index contributed by atoms with van der Waals surface area (Å²) < 4.78 is 1.81. The topological polar surface area (TPSA) is 113 Å². The Bertz CT molecular complexity index is 1430. The van der Waals surface area contributed by atoms with Crippen molar-refractivity contribution < 1.29 is 9.59 Å². The Morgan fingerprint density at radius 3 is 2.58 bits per heavy atom. The Labute approximate surface area is 248 Å². The van der Waals surface area contributed by atoms with Crippen LogP contribution >= 0.6 is 34.7 Å². The number of carbonyl (C=O) groups excluding carboxylic acids is 2. The van der Waals surface area contributed by atoms with Gasteiger partial charge in [0.1, 0.15) is 11.1 Å². The molecule has 0 bridgehead atoms. The van der Waals surface area contributed by atoms with E-state index in [4.69, 9.17) is 11.6 Å². The van der Waals surface area contributed by atoms with E-state index in [2.05, 4.69) is 47.7 Å². The summed E-state index contributed by atoms with van der Waals surface area (Å²) in [6.45, 7) is 10.8. The number of thiophene rings is 1. The second-order valence-corrected chi connectivity index (χ2v) is 14.0. The summed E-state index contributed by atoms with van der Waals surface area (Å²) >= 11 is 8.75. The van der Waals surface area contributed by atoms with Crippen LogP contribution in [0.15, 0.2) is 29.4 Å². The Balaban J connectivity index is 1.41. The average molecular weight is 599 g/mol. The molecule has 2 atom stereocenters. The molecule has 1 aromatic carbocycles. The second-order valence-electron chi connectivity index (χ2n) is 11.6. The van der Waals surface area contributed by atoms with Crippen molar-refractivity contribution in [1.82, 2.24) is 20.1 Å². The lowest BCUT2D eigenvalue weighted by molar-refractivity contribution is -0.113. The largest absolute Gasteiger partial charge is 0.342 e. The Morgan fingerprint density at radius 2 is 1.95 bits per heavy atom. The second kappa shape index (κ2) is 12.3. The number of thioether (sulfide) groups is 1. The van der Waals surface area contributed by atoms with Crippen molar-refractivity contribution in [1.29, 1.82) is 5.26 Å². The van der Waals surface area contributed by atoms with Crippen LogP contribution in [0.5, 0.6) is 0 Å². The molecule has 0 unspecified atom stereocenters. The van der Waals surface area contributed by atoms with Crippen LogP contribution in [0.2, 0.25) is 5.02 Å². The molecule has 4 rings (SSSR count). The molecule has 3 aromatic rings. The fourth-order valence-electron chi connectivity index (χ4n) is 4.90. The summed E-state index contributed by atoms with van der Waals surface area (Å²) in [5.41, 5.74) is 2.40. The number of nitrogens with zero attached hydrogens (tertiary/aromatic N) is 4. The lowest BCUT2D eigenvalue weighted by Gasteiger charge is -2.33. The molecule has 40 heavy (non-hydrogen) atoms. The van der Waals surface area contributed by atoms with Gasteiger partial charge in [-0.15, -0.1) is 21.5 Å². The number of rotatable bonds is 8. The van der Waals surface area contributed by atoms with Gasteiger partial charge in [0.15, 0.2) is 11.0 Å². The van der Waals surface area contributed by atoms with Gasteiger partial charge >= 0.3 is 0 Å². The molecule has 2 heterocycles. The van der Waals surface area contributed by atoms with E-state index in [0.717, 1.165) is 24.8 Å². The zero-order valence-corrected chi connectivity index (χ0v) is 26.1. The third-order valence-corrected chi connectivity index (χ3v) is 9.84. The molecule has 2 N–H and O–H groups in total. The summed E-state index contributed by atoms with van der Waals surface area (Å²) in [4.78, 5) is 27.0. The SMILES string of the molecule is CC(C)[C@@H](NC(=O)c1ccc(Cl)cc1)c1nnc(SCC(=O)Nc2sc3c(c2C#N)CC[C@@H](C(C)(C)C)C3)n1C. The lowest BCUT2D eigenvalue weighted by atomic mass is 9.72. The fourth-order valence-corrected chi connectivity index (χ4v) is 7.04. The van der Waals surface area contributed by atoms with Crippen molar-refractivity contribution in [2.75, 3.05) is 11.1 Å². The normalized spacial score (nSPS) is 15.8. The first-order valence-electron chi connectivity index (χ1n) is 13.3. The third kappa shape index (κ3) is 6.70. The zero-order chi connectivity index (χ0) is 29.2. The molecule has 1 aliphatic rings. The molecule has 8 nitrogen and oxygen atoms in total. The molecule has 0 radical (unpaired) electrons. The van der Waals surface area contributed by atoms with Crippen LogP contribution in [0.25, 0.3) is 0 Å². The van der Waals surface area contributed by atoms with Crippen LogP contribution in [-0.2, 0) is 24.7 Å². The van der Waals surface area contributed by atoms with E-state index >= 15 is 0 Å². The van der Waals surface area contributed by atoms with Crippen LogP contribution in [0.4, 0.5) is 5.00 Å². The van der Waals surface area contributed by atoms with E-state index in [1.54, 1.807) is 24.3 Å². The van der Waals surface area contributed by atoms with Crippen LogP contribution in [0.3, 0.4) is 0 Å². The van der Waals surface area contributed by atoms with Gasteiger partial charge in [0.05, 0.1) is 17.4 Å². The average Bonchev–Trinajstić information content (AvgIpc) is 3.43. The van der Waals surface area contributed by atoms with Gasteiger partial charge in [-0.3, -0.25) is 9.59 Å². The summed E-state index contributed by atoms with van der Waals surface area (Å²) in [5.74, 6) is 0.896. The summed E-state index contributed by atoms with van der Waals surface area (Å²) in [7, 11) is 1.83. The number of hydrogen-bond acceptors (Lipinski definition) is 7. The minimum Gasteiger partial charge on any atom is -0.342 e. The number of carbonyl (C=O) groups is 2. The monoisotopic (exact) mass is 598 g/mol. The highest BCUT2D eigenvalue weighted by molar-refractivity contribution is 7.99. The maximum atomic E-state index is 12.9. The molecule has 0 spiro atoms. The number of nitrogens with one attached hydrogen (secondary N) is 2. The predicted octanol–water partition coefficient (Wildman–Crippen LogP) is 6.41. The molecule has 11 heteroatoms. The van der Waals surface area contributed by atoms with Crippen molar-refractivity contribution in [3.8, 4) is 6.07 Å². The van der Waals surface area contributed by atoms with Gasteiger partial charge in [0.25, 0.3) is 5.91 Å². The van der Waals surface area contributed by atoms with Crippen molar-refractivity contribution in [3.05, 3.63) is 56.7 Å². The number of nitriles is 1. The fraction of sp³-hybridized carbons (Fsp3) is 0.483. The molecule has 0 aliphatic heterocycles. The number of aromatic nitrogens is 3. The molecule has 2 amide bonds. The third-order valence-electron chi connectivity index (χ3n) is 7.39. The molecule has 0 fully saturated rings. The van der Waals surface area contributed by atoms with E-state index in [1.807, 2.05) is 25.5 Å². The smallest absolute Gasteiger partial charge is 0.251 e. The highest BCUT2D eigenvalue weighted by Gasteiger charge is 2.32.